The molecule has 0 saturated heterocycles. The topological polar surface area (TPSA) is 57.8 Å². The first-order chi connectivity index (χ1) is 15.1. The van der Waals surface area contributed by atoms with Crippen LogP contribution in [0.3, 0.4) is 0 Å². The summed E-state index contributed by atoms with van der Waals surface area (Å²) < 4.78 is 35.7. The predicted molar refractivity (Wildman–Crippen MR) is 117 cm³/mol. The van der Waals surface area contributed by atoms with E-state index in [1.54, 1.807) is 31.4 Å². The first-order valence-electron chi connectivity index (χ1n) is 10.1. The molecule has 0 atom stereocenters. The molecular weight excluding hydrogens is 420 g/mol. The van der Waals surface area contributed by atoms with Crippen LogP contribution in [0.4, 0.5) is 8.78 Å². The Morgan fingerprint density at radius 1 is 1.06 bits per heavy atom. The predicted octanol–water partition coefficient (Wildman–Crippen LogP) is 5.79. The highest BCUT2D eigenvalue weighted by Gasteiger charge is 2.20. The molecule has 31 heavy (non-hydrogen) atoms. The maximum Gasteiger partial charge on any atom is 0.320 e. The van der Waals surface area contributed by atoms with E-state index < -0.39 is 6.55 Å². The summed E-state index contributed by atoms with van der Waals surface area (Å²) in [5.74, 6) is 2.10. The molecular formula is C22H23F2N5OS. The Morgan fingerprint density at radius 2 is 1.84 bits per heavy atom. The van der Waals surface area contributed by atoms with Gasteiger partial charge in [0.2, 0.25) is 0 Å². The summed E-state index contributed by atoms with van der Waals surface area (Å²) in [6.45, 7) is 0.212. The second-order valence-corrected chi connectivity index (χ2v) is 7.94. The molecule has 0 fully saturated rings. The molecule has 0 saturated carbocycles. The molecule has 0 aliphatic heterocycles. The van der Waals surface area contributed by atoms with Crippen molar-refractivity contribution in [2.45, 2.75) is 43.8 Å². The summed E-state index contributed by atoms with van der Waals surface area (Å²) in [7, 11) is 1.63. The van der Waals surface area contributed by atoms with Crippen molar-refractivity contribution in [2.75, 3.05) is 7.11 Å². The van der Waals surface area contributed by atoms with Gasteiger partial charge >= 0.3 is 6.55 Å². The van der Waals surface area contributed by atoms with Gasteiger partial charge < -0.3 is 9.30 Å². The lowest BCUT2D eigenvalue weighted by molar-refractivity contribution is 0.0722. The van der Waals surface area contributed by atoms with E-state index in [0.29, 0.717) is 22.0 Å². The smallest absolute Gasteiger partial charge is 0.320 e. The minimum Gasteiger partial charge on any atom is -0.497 e. The number of thioether (sulfide) groups is 1. The number of hydrogen-bond donors (Lipinski definition) is 0. The first kappa shape index (κ1) is 21.3. The third kappa shape index (κ3) is 4.41. The van der Waals surface area contributed by atoms with E-state index >= 15 is 0 Å². The van der Waals surface area contributed by atoms with Gasteiger partial charge in [0, 0.05) is 12.1 Å². The SMILES string of the molecule is CCCCn1c(SCc2nc3ccccc3n2C(F)F)nnc1-c1ccc(OC)cc1. The molecule has 4 aromatic rings. The van der Waals surface area contributed by atoms with Gasteiger partial charge in [-0.15, -0.1) is 10.2 Å². The van der Waals surface area contributed by atoms with E-state index in [9.17, 15) is 8.78 Å². The second-order valence-electron chi connectivity index (χ2n) is 6.99. The summed E-state index contributed by atoms with van der Waals surface area (Å²) in [4.78, 5) is 4.42. The van der Waals surface area contributed by atoms with E-state index in [1.807, 2.05) is 28.8 Å². The quantitative estimate of drug-likeness (QED) is 0.307. The average Bonchev–Trinajstić information content (AvgIpc) is 3.37. The van der Waals surface area contributed by atoms with Crippen molar-refractivity contribution < 1.29 is 13.5 Å². The van der Waals surface area contributed by atoms with Gasteiger partial charge in [0.15, 0.2) is 11.0 Å². The van der Waals surface area contributed by atoms with Crippen molar-refractivity contribution >= 4 is 22.8 Å². The highest BCUT2D eigenvalue weighted by Crippen LogP contribution is 2.30. The largest absolute Gasteiger partial charge is 0.497 e. The van der Waals surface area contributed by atoms with Gasteiger partial charge in [-0.3, -0.25) is 4.57 Å². The van der Waals surface area contributed by atoms with Crippen molar-refractivity contribution in [3.63, 3.8) is 0 Å². The number of rotatable bonds is 9. The molecule has 0 amide bonds. The number of fused-ring (bicyclic) bond motifs is 1. The third-order valence-electron chi connectivity index (χ3n) is 4.99. The van der Waals surface area contributed by atoms with Gasteiger partial charge in [-0.2, -0.15) is 8.78 Å². The van der Waals surface area contributed by atoms with Crippen LogP contribution in [-0.4, -0.2) is 31.4 Å². The molecule has 0 aliphatic rings. The van der Waals surface area contributed by atoms with Crippen LogP contribution in [0.15, 0.2) is 53.7 Å². The van der Waals surface area contributed by atoms with E-state index in [2.05, 4.69) is 22.1 Å². The highest BCUT2D eigenvalue weighted by atomic mass is 32.2. The highest BCUT2D eigenvalue weighted by molar-refractivity contribution is 7.98. The monoisotopic (exact) mass is 443 g/mol. The zero-order valence-electron chi connectivity index (χ0n) is 17.3. The van der Waals surface area contributed by atoms with Crippen molar-refractivity contribution in [1.82, 2.24) is 24.3 Å². The molecule has 0 spiro atoms. The Hall–Kier alpha value is -2.94. The number of methoxy groups -OCH3 is 1. The number of para-hydroxylation sites is 2. The molecule has 0 radical (unpaired) electrons. The van der Waals surface area contributed by atoms with E-state index in [0.717, 1.165) is 41.1 Å². The molecule has 2 aromatic heterocycles. The maximum atomic E-state index is 13.7. The number of hydrogen-bond acceptors (Lipinski definition) is 5. The minimum atomic E-state index is -2.66. The number of alkyl halides is 2. The van der Waals surface area contributed by atoms with Crippen LogP contribution < -0.4 is 4.74 Å². The lowest BCUT2D eigenvalue weighted by atomic mass is 10.2. The fourth-order valence-corrected chi connectivity index (χ4v) is 4.30. The Morgan fingerprint density at radius 3 is 2.55 bits per heavy atom. The molecule has 2 aromatic carbocycles. The Bertz CT molecular complexity index is 1160. The van der Waals surface area contributed by atoms with Gasteiger partial charge in [0.25, 0.3) is 0 Å². The van der Waals surface area contributed by atoms with Gasteiger partial charge in [-0.05, 0) is 42.8 Å². The lowest BCUT2D eigenvalue weighted by Gasteiger charge is -2.11. The van der Waals surface area contributed by atoms with E-state index in [-0.39, 0.29) is 5.75 Å². The summed E-state index contributed by atoms with van der Waals surface area (Å²) in [5, 5.41) is 9.42. The number of ether oxygens (including phenoxy) is 1. The van der Waals surface area contributed by atoms with E-state index in [4.69, 9.17) is 4.74 Å². The van der Waals surface area contributed by atoms with Crippen molar-refractivity contribution in [3.8, 4) is 17.1 Å². The van der Waals surface area contributed by atoms with Crippen LogP contribution in [0, 0.1) is 0 Å². The van der Waals surface area contributed by atoms with Gasteiger partial charge in [0.1, 0.15) is 11.6 Å². The third-order valence-corrected chi connectivity index (χ3v) is 5.96. The second kappa shape index (κ2) is 9.47. The molecule has 4 rings (SSSR count). The fourth-order valence-electron chi connectivity index (χ4n) is 3.41. The number of imidazole rings is 1. The van der Waals surface area contributed by atoms with Crippen LogP contribution in [0.2, 0.25) is 0 Å². The fraction of sp³-hybridized carbons (Fsp3) is 0.318. The van der Waals surface area contributed by atoms with Crippen LogP contribution >= 0.6 is 11.8 Å². The minimum absolute atomic E-state index is 0.270. The number of benzene rings is 2. The van der Waals surface area contributed by atoms with Crippen molar-refractivity contribution in [1.29, 1.82) is 0 Å². The Labute approximate surface area is 183 Å². The first-order valence-corrected chi connectivity index (χ1v) is 11.0. The molecule has 2 heterocycles. The Balaban J connectivity index is 1.63. The number of unbranched alkanes of at least 4 members (excludes halogenated alkanes) is 1. The molecule has 6 nitrogen and oxygen atoms in total. The number of nitrogens with zero attached hydrogens (tertiary/aromatic N) is 5. The Kier molecular flexibility index (Phi) is 6.50. The van der Waals surface area contributed by atoms with Crippen LogP contribution in [0.25, 0.3) is 22.4 Å². The van der Waals surface area contributed by atoms with Crippen molar-refractivity contribution in [2.24, 2.45) is 0 Å². The maximum absolute atomic E-state index is 13.7. The van der Waals surface area contributed by atoms with Crippen molar-refractivity contribution in [3.05, 3.63) is 54.4 Å². The zero-order chi connectivity index (χ0) is 21.8. The summed E-state index contributed by atoms with van der Waals surface area (Å²) in [6.07, 6.45) is 1.98. The standard InChI is InChI=1S/C22H23F2N5OS/c1-3-4-13-28-20(15-9-11-16(30-2)12-10-15)26-27-22(28)31-14-19-25-17-7-5-6-8-18(17)29(19)21(23)24/h5-12,21H,3-4,13-14H2,1-2H3. The van der Waals surface area contributed by atoms with Crippen LogP contribution in [-0.2, 0) is 12.3 Å². The van der Waals surface area contributed by atoms with Crippen LogP contribution in [0.5, 0.6) is 5.75 Å². The molecule has 0 N–H and O–H groups in total. The molecule has 0 unspecified atom stereocenters. The summed E-state index contributed by atoms with van der Waals surface area (Å²) in [6, 6.07) is 14.6. The number of halogens is 2. The summed E-state index contributed by atoms with van der Waals surface area (Å²) >= 11 is 1.37. The van der Waals surface area contributed by atoms with Gasteiger partial charge in [-0.25, -0.2) is 4.98 Å². The molecule has 162 valence electrons. The van der Waals surface area contributed by atoms with Gasteiger partial charge in [0.05, 0.1) is 23.9 Å². The number of aromatic nitrogens is 5. The normalized spacial score (nSPS) is 11.5. The molecule has 9 heteroatoms. The molecule has 0 aliphatic carbocycles. The lowest BCUT2D eigenvalue weighted by Crippen LogP contribution is -2.05. The average molecular weight is 444 g/mol. The van der Waals surface area contributed by atoms with E-state index in [1.165, 1.54) is 11.8 Å². The van der Waals surface area contributed by atoms with Gasteiger partial charge in [-0.1, -0.05) is 37.2 Å². The van der Waals surface area contributed by atoms with Crippen LogP contribution in [0.1, 0.15) is 32.1 Å². The molecule has 0 bridgehead atoms. The summed E-state index contributed by atoms with van der Waals surface area (Å²) in [5.41, 5.74) is 1.92. The zero-order valence-corrected chi connectivity index (χ0v) is 18.1.